The lowest BCUT2D eigenvalue weighted by Crippen LogP contribution is -1.94. The molecular formula is C11H9NO5. The van der Waals surface area contributed by atoms with Crippen LogP contribution in [0, 0.1) is 10.1 Å². The highest BCUT2D eigenvalue weighted by Gasteiger charge is 2.19. The Morgan fingerprint density at radius 3 is 2.82 bits per heavy atom. The van der Waals surface area contributed by atoms with Crippen molar-refractivity contribution < 1.29 is 19.6 Å². The van der Waals surface area contributed by atoms with Gasteiger partial charge in [-0.1, -0.05) is 6.07 Å². The van der Waals surface area contributed by atoms with Crippen molar-refractivity contribution in [3.8, 4) is 5.75 Å². The van der Waals surface area contributed by atoms with E-state index in [-0.39, 0.29) is 5.69 Å². The molecule has 1 aromatic carbocycles. The average Bonchev–Trinajstić information content (AvgIpc) is 2.67. The maximum atomic E-state index is 11.2. The van der Waals surface area contributed by atoms with Gasteiger partial charge in [0.2, 0.25) is 0 Å². The quantitative estimate of drug-likeness (QED) is 0.364. The summed E-state index contributed by atoms with van der Waals surface area (Å²) in [5.41, 5.74) is 0.582. The number of carbonyl (C=O) groups is 1. The summed E-state index contributed by atoms with van der Waals surface area (Å²) in [6, 6.07) is 3.94. The molecule has 1 fully saturated rings. The van der Waals surface area contributed by atoms with Crippen LogP contribution in [-0.2, 0) is 9.53 Å². The van der Waals surface area contributed by atoms with Crippen LogP contribution < -0.4 is 0 Å². The molecule has 1 aromatic rings. The molecule has 0 atom stereocenters. The number of carbonyl (C=O) groups excluding carboxylic acids is 1. The van der Waals surface area contributed by atoms with Crippen LogP contribution in [0.5, 0.6) is 5.75 Å². The topological polar surface area (TPSA) is 89.7 Å². The molecule has 0 saturated carbocycles. The molecule has 1 heterocycles. The lowest BCUT2D eigenvalue weighted by molar-refractivity contribution is -0.385. The lowest BCUT2D eigenvalue weighted by atomic mass is 10.1. The Morgan fingerprint density at radius 2 is 2.24 bits per heavy atom. The summed E-state index contributed by atoms with van der Waals surface area (Å²) in [6.45, 7) is 0.338. The van der Waals surface area contributed by atoms with E-state index in [0.717, 1.165) is 0 Å². The fraction of sp³-hybridized carbons (Fsp3) is 0.182. The molecule has 1 aliphatic heterocycles. The maximum Gasteiger partial charge on any atom is 0.334 e. The van der Waals surface area contributed by atoms with Crippen molar-refractivity contribution in [2.45, 2.75) is 6.42 Å². The first-order valence-corrected chi connectivity index (χ1v) is 4.93. The molecule has 1 aliphatic rings. The number of esters is 1. The van der Waals surface area contributed by atoms with Gasteiger partial charge in [-0.25, -0.2) is 4.79 Å². The van der Waals surface area contributed by atoms with E-state index >= 15 is 0 Å². The Balaban J connectivity index is 2.37. The third kappa shape index (κ3) is 2.25. The molecule has 17 heavy (non-hydrogen) atoms. The van der Waals surface area contributed by atoms with Gasteiger partial charge < -0.3 is 9.84 Å². The number of rotatable bonds is 2. The van der Waals surface area contributed by atoms with Gasteiger partial charge in [-0.2, -0.15) is 0 Å². The summed E-state index contributed by atoms with van der Waals surface area (Å²) in [5, 5.41) is 19.9. The average molecular weight is 235 g/mol. The monoisotopic (exact) mass is 235 g/mol. The predicted octanol–water partition coefficient (Wildman–Crippen LogP) is 1.63. The van der Waals surface area contributed by atoms with Crippen molar-refractivity contribution in [2.24, 2.45) is 0 Å². The van der Waals surface area contributed by atoms with E-state index in [1.807, 2.05) is 0 Å². The largest absolute Gasteiger partial charge is 0.502 e. The highest BCUT2D eigenvalue weighted by molar-refractivity contribution is 5.95. The minimum atomic E-state index is -0.676. The summed E-state index contributed by atoms with van der Waals surface area (Å²) < 4.78 is 4.75. The Hall–Kier alpha value is -2.37. The number of ether oxygens (including phenoxy) is 1. The summed E-state index contributed by atoms with van der Waals surface area (Å²) in [4.78, 5) is 21.1. The van der Waals surface area contributed by atoms with Crippen LogP contribution in [-0.4, -0.2) is 22.6 Å². The second kappa shape index (κ2) is 4.25. The van der Waals surface area contributed by atoms with Crippen LogP contribution in [0.25, 0.3) is 6.08 Å². The summed E-state index contributed by atoms with van der Waals surface area (Å²) in [5.74, 6) is -0.799. The van der Waals surface area contributed by atoms with Gasteiger partial charge in [-0.15, -0.1) is 0 Å². The number of cyclic esters (lactones) is 1. The first kappa shape index (κ1) is 11.1. The third-order valence-corrected chi connectivity index (χ3v) is 2.40. The molecule has 0 aromatic heterocycles. The van der Waals surface area contributed by atoms with E-state index in [9.17, 15) is 20.0 Å². The summed E-state index contributed by atoms with van der Waals surface area (Å²) in [6.07, 6.45) is 2.02. The molecule has 88 valence electrons. The van der Waals surface area contributed by atoms with E-state index < -0.39 is 16.6 Å². The van der Waals surface area contributed by atoms with Crippen LogP contribution in [0.2, 0.25) is 0 Å². The van der Waals surface area contributed by atoms with E-state index in [0.29, 0.717) is 24.2 Å². The molecule has 0 unspecified atom stereocenters. The number of aromatic hydroxyl groups is 1. The predicted molar refractivity (Wildman–Crippen MR) is 58.3 cm³/mol. The summed E-state index contributed by atoms with van der Waals surface area (Å²) >= 11 is 0. The first-order chi connectivity index (χ1) is 8.08. The van der Waals surface area contributed by atoms with Gasteiger partial charge in [0.05, 0.1) is 11.5 Å². The van der Waals surface area contributed by atoms with Crippen molar-refractivity contribution in [2.75, 3.05) is 6.61 Å². The van der Waals surface area contributed by atoms with Crippen molar-refractivity contribution in [1.82, 2.24) is 0 Å². The number of nitro benzene ring substituents is 1. The van der Waals surface area contributed by atoms with E-state index in [1.54, 1.807) is 0 Å². The molecule has 0 spiro atoms. The molecule has 0 amide bonds. The fourth-order valence-electron chi connectivity index (χ4n) is 1.56. The molecular weight excluding hydrogens is 226 g/mol. The molecule has 1 saturated heterocycles. The van der Waals surface area contributed by atoms with Gasteiger partial charge in [0.15, 0.2) is 5.75 Å². The highest BCUT2D eigenvalue weighted by Crippen LogP contribution is 2.28. The van der Waals surface area contributed by atoms with Gasteiger partial charge >= 0.3 is 11.7 Å². The van der Waals surface area contributed by atoms with E-state index in [2.05, 4.69) is 0 Å². The molecule has 0 radical (unpaired) electrons. The lowest BCUT2D eigenvalue weighted by Gasteiger charge is -1.98. The second-order valence-electron chi connectivity index (χ2n) is 3.56. The van der Waals surface area contributed by atoms with Crippen LogP contribution in [0.15, 0.2) is 23.8 Å². The third-order valence-electron chi connectivity index (χ3n) is 2.40. The van der Waals surface area contributed by atoms with Crippen molar-refractivity contribution in [3.05, 3.63) is 39.4 Å². The number of nitrogens with zero attached hydrogens (tertiary/aromatic N) is 1. The smallest absolute Gasteiger partial charge is 0.334 e. The minimum absolute atomic E-state index is 0.338. The zero-order valence-corrected chi connectivity index (χ0v) is 8.75. The number of hydrogen-bond acceptors (Lipinski definition) is 5. The van der Waals surface area contributed by atoms with Gasteiger partial charge in [-0.3, -0.25) is 10.1 Å². The Morgan fingerprint density at radius 1 is 1.47 bits per heavy atom. The van der Waals surface area contributed by atoms with E-state index in [4.69, 9.17) is 4.74 Å². The molecule has 1 N–H and O–H groups in total. The fourth-order valence-corrected chi connectivity index (χ4v) is 1.56. The Kier molecular flexibility index (Phi) is 2.78. The zero-order chi connectivity index (χ0) is 12.4. The van der Waals surface area contributed by atoms with Gasteiger partial charge in [0.1, 0.15) is 0 Å². The number of phenolic OH excluding ortho intramolecular Hbond substituents is 1. The van der Waals surface area contributed by atoms with Crippen molar-refractivity contribution >= 4 is 17.7 Å². The number of nitro groups is 1. The number of phenols is 1. The highest BCUT2D eigenvalue weighted by atomic mass is 16.6. The Labute approximate surface area is 96.3 Å². The normalized spacial score (nSPS) is 17.2. The van der Waals surface area contributed by atoms with Crippen LogP contribution >= 0.6 is 0 Å². The molecule has 2 rings (SSSR count). The van der Waals surface area contributed by atoms with Crippen LogP contribution in [0.4, 0.5) is 5.69 Å². The maximum absolute atomic E-state index is 11.2. The molecule has 6 heteroatoms. The Bertz CT molecular complexity index is 521. The van der Waals surface area contributed by atoms with Gasteiger partial charge in [0.25, 0.3) is 0 Å². The summed E-state index contributed by atoms with van der Waals surface area (Å²) in [7, 11) is 0. The minimum Gasteiger partial charge on any atom is -0.502 e. The molecule has 6 nitrogen and oxygen atoms in total. The van der Waals surface area contributed by atoms with Crippen molar-refractivity contribution in [3.63, 3.8) is 0 Å². The first-order valence-electron chi connectivity index (χ1n) is 4.93. The number of hydrogen-bond donors (Lipinski definition) is 1. The van der Waals surface area contributed by atoms with Crippen molar-refractivity contribution in [1.29, 1.82) is 0 Å². The van der Waals surface area contributed by atoms with Crippen LogP contribution in [0.3, 0.4) is 0 Å². The second-order valence-corrected chi connectivity index (χ2v) is 3.56. The van der Waals surface area contributed by atoms with Gasteiger partial charge in [-0.05, 0) is 17.7 Å². The SMILES string of the molecule is O=C1OCC/C1=C/c1ccc(O)c([N+](=O)[O-])c1. The van der Waals surface area contributed by atoms with Crippen LogP contribution in [0.1, 0.15) is 12.0 Å². The van der Waals surface area contributed by atoms with Gasteiger partial charge in [0, 0.05) is 18.1 Å². The molecule has 0 bridgehead atoms. The number of benzene rings is 1. The van der Waals surface area contributed by atoms with E-state index in [1.165, 1.54) is 24.3 Å². The standard InChI is InChI=1S/C11H9NO5/c13-10-2-1-7(6-9(10)12(15)16)5-8-3-4-17-11(8)14/h1-2,5-6,13H,3-4H2/b8-5-. The zero-order valence-electron chi connectivity index (χ0n) is 8.75. The molecule has 0 aliphatic carbocycles.